The Morgan fingerprint density at radius 2 is 1.88 bits per heavy atom. The first-order valence-corrected chi connectivity index (χ1v) is 9.32. The summed E-state index contributed by atoms with van der Waals surface area (Å²) < 4.78 is 6.88. The predicted molar refractivity (Wildman–Crippen MR) is 102 cm³/mol. The van der Waals surface area contributed by atoms with Crippen LogP contribution in [-0.2, 0) is 14.9 Å². The number of nitrogens with two attached hydrogens (primary N) is 1. The minimum atomic E-state index is -0.256. The van der Waals surface area contributed by atoms with Gasteiger partial charge >= 0.3 is 0 Å². The summed E-state index contributed by atoms with van der Waals surface area (Å²) in [4.78, 5) is 15.0. The van der Waals surface area contributed by atoms with Gasteiger partial charge in [-0.2, -0.15) is 0 Å². The van der Waals surface area contributed by atoms with Crippen molar-refractivity contribution in [2.75, 3.05) is 26.2 Å². The number of benzene rings is 1. The summed E-state index contributed by atoms with van der Waals surface area (Å²) in [6, 6.07) is 8.22. The number of halogens is 2. The Hall–Kier alpha value is -0.620. The Balaban J connectivity index is 0.00000208. The van der Waals surface area contributed by atoms with Crippen LogP contribution in [0.15, 0.2) is 28.7 Å². The molecule has 1 aromatic carbocycles. The zero-order chi connectivity index (χ0) is 16.3. The van der Waals surface area contributed by atoms with Crippen LogP contribution < -0.4 is 5.73 Å². The number of hydrogen-bond donors (Lipinski definition) is 1. The van der Waals surface area contributed by atoms with Crippen LogP contribution in [0, 0.1) is 0 Å². The van der Waals surface area contributed by atoms with E-state index in [1.165, 1.54) is 0 Å². The van der Waals surface area contributed by atoms with Gasteiger partial charge in [-0.1, -0.05) is 28.1 Å². The minimum Gasteiger partial charge on any atom is -0.378 e. The van der Waals surface area contributed by atoms with Crippen molar-refractivity contribution in [3.63, 3.8) is 0 Å². The highest BCUT2D eigenvalue weighted by Gasteiger charge is 2.53. The van der Waals surface area contributed by atoms with Gasteiger partial charge in [-0.25, -0.2) is 0 Å². The van der Waals surface area contributed by atoms with Crippen molar-refractivity contribution in [2.45, 2.75) is 43.6 Å². The number of nitrogens with zero attached hydrogens (tertiary/aromatic N) is 1. The third-order valence-corrected chi connectivity index (χ3v) is 5.52. The molecule has 1 aliphatic heterocycles. The minimum absolute atomic E-state index is 0. The molecule has 1 aromatic rings. The van der Waals surface area contributed by atoms with Gasteiger partial charge in [0.1, 0.15) is 0 Å². The van der Waals surface area contributed by atoms with Crippen molar-refractivity contribution >= 4 is 34.2 Å². The molecule has 0 radical (unpaired) electrons. The van der Waals surface area contributed by atoms with Crippen molar-refractivity contribution in [1.29, 1.82) is 0 Å². The average Bonchev–Trinajstić information content (AvgIpc) is 3.38. The highest BCUT2D eigenvalue weighted by molar-refractivity contribution is 9.10. The van der Waals surface area contributed by atoms with Crippen LogP contribution in [0.1, 0.15) is 37.7 Å². The first-order valence-electron chi connectivity index (χ1n) is 8.53. The second-order valence-electron chi connectivity index (χ2n) is 6.59. The van der Waals surface area contributed by atoms with E-state index in [9.17, 15) is 4.79 Å². The van der Waals surface area contributed by atoms with Crippen LogP contribution in [0.2, 0.25) is 0 Å². The van der Waals surface area contributed by atoms with Gasteiger partial charge in [-0.05, 0) is 56.3 Å². The normalized spacial score (nSPS) is 19.7. The SMILES string of the molecule is Cl.NCCCOC1CCN(C(=O)C2(c3ccc(Br)cc3)CC2)CC1. The smallest absolute Gasteiger partial charge is 0.233 e. The van der Waals surface area contributed by atoms with Crippen LogP contribution in [0.5, 0.6) is 0 Å². The number of hydrogen-bond acceptors (Lipinski definition) is 3. The van der Waals surface area contributed by atoms with Crippen molar-refractivity contribution in [2.24, 2.45) is 5.73 Å². The van der Waals surface area contributed by atoms with Gasteiger partial charge in [-0.3, -0.25) is 4.79 Å². The summed E-state index contributed by atoms with van der Waals surface area (Å²) in [5.41, 5.74) is 6.39. The van der Waals surface area contributed by atoms with E-state index in [2.05, 4.69) is 28.1 Å². The lowest BCUT2D eigenvalue weighted by Crippen LogP contribution is -2.45. The monoisotopic (exact) mass is 416 g/mol. The third kappa shape index (κ3) is 4.31. The predicted octanol–water partition coefficient (Wildman–Crippen LogP) is 3.26. The maximum absolute atomic E-state index is 13.0. The lowest BCUT2D eigenvalue weighted by atomic mass is 9.93. The molecule has 0 aromatic heterocycles. The van der Waals surface area contributed by atoms with Crippen LogP contribution in [-0.4, -0.2) is 43.2 Å². The van der Waals surface area contributed by atoms with Gasteiger partial charge < -0.3 is 15.4 Å². The Bertz CT molecular complexity index is 540. The zero-order valence-corrected chi connectivity index (χ0v) is 16.3. The van der Waals surface area contributed by atoms with E-state index in [0.29, 0.717) is 12.5 Å². The van der Waals surface area contributed by atoms with Crippen LogP contribution in [0.25, 0.3) is 0 Å². The van der Waals surface area contributed by atoms with E-state index >= 15 is 0 Å². The van der Waals surface area contributed by atoms with Crippen molar-refractivity contribution in [1.82, 2.24) is 4.90 Å². The molecule has 1 amide bonds. The van der Waals surface area contributed by atoms with Gasteiger partial charge in [0.05, 0.1) is 11.5 Å². The number of carbonyl (C=O) groups excluding carboxylic acids is 1. The van der Waals surface area contributed by atoms with E-state index in [1.807, 2.05) is 17.0 Å². The molecule has 1 saturated carbocycles. The Kier molecular flexibility index (Phi) is 7.10. The molecule has 134 valence electrons. The molecule has 24 heavy (non-hydrogen) atoms. The van der Waals surface area contributed by atoms with Crippen molar-refractivity contribution in [3.8, 4) is 0 Å². The molecule has 0 spiro atoms. The summed E-state index contributed by atoms with van der Waals surface area (Å²) in [6.07, 6.45) is 5.01. The maximum Gasteiger partial charge on any atom is 0.233 e. The Labute approximate surface area is 158 Å². The van der Waals surface area contributed by atoms with Crippen LogP contribution in [0.4, 0.5) is 0 Å². The van der Waals surface area contributed by atoms with E-state index < -0.39 is 0 Å². The summed E-state index contributed by atoms with van der Waals surface area (Å²) in [5.74, 6) is 0.306. The zero-order valence-electron chi connectivity index (χ0n) is 13.9. The largest absolute Gasteiger partial charge is 0.378 e. The number of carbonyl (C=O) groups is 1. The molecule has 2 N–H and O–H groups in total. The summed E-state index contributed by atoms with van der Waals surface area (Å²) in [5, 5.41) is 0. The second-order valence-corrected chi connectivity index (χ2v) is 7.51. The van der Waals surface area contributed by atoms with Crippen molar-refractivity contribution in [3.05, 3.63) is 34.3 Å². The highest BCUT2D eigenvalue weighted by atomic mass is 79.9. The molecule has 6 heteroatoms. The molecule has 0 unspecified atom stereocenters. The first-order chi connectivity index (χ1) is 11.2. The molecule has 1 heterocycles. The second kappa shape index (κ2) is 8.65. The lowest BCUT2D eigenvalue weighted by molar-refractivity contribution is -0.136. The van der Waals surface area contributed by atoms with Crippen molar-refractivity contribution < 1.29 is 9.53 Å². The molecule has 2 aliphatic rings. The molecule has 2 fully saturated rings. The maximum atomic E-state index is 13.0. The molecular weight excluding hydrogens is 392 g/mol. The third-order valence-electron chi connectivity index (χ3n) is 4.99. The summed E-state index contributed by atoms with van der Waals surface area (Å²) in [6.45, 7) is 3.03. The van der Waals surface area contributed by atoms with Gasteiger partial charge in [0.25, 0.3) is 0 Å². The summed E-state index contributed by atoms with van der Waals surface area (Å²) in [7, 11) is 0. The van der Waals surface area contributed by atoms with E-state index in [1.54, 1.807) is 0 Å². The quantitative estimate of drug-likeness (QED) is 0.723. The topological polar surface area (TPSA) is 55.6 Å². The highest BCUT2D eigenvalue weighted by Crippen LogP contribution is 2.50. The fraction of sp³-hybridized carbons (Fsp3) is 0.611. The number of rotatable bonds is 6. The fourth-order valence-corrected chi connectivity index (χ4v) is 3.65. The average molecular weight is 418 g/mol. The molecule has 4 nitrogen and oxygen atoms in total. The van der Waals surface area contributed by atoms with Gasteiger partial charge in [-0.15, -0.1) is 12.4 Å². The van der Waals surface area contributed by atoms with Crippen LogP contribution >= 0.6 is 28.3 Å². The van der Waals surface area contributed by atoms with Crippen LogP contribution in [0.3, 0.4) is 0 Å². The molecular formula is C18H26BrClN2O2. The van der Waals surface area contributed by atoms with E-state index in [4.69, 9.17) is 10.5 Å². The van der Waals surface area contributed by atoms with E-state index in [0.717, 1.165) is 61.8 Å². The Morgan fingerprint density at radius 3 is 2.42 bits per heavy atom. The molecule has 0 bridgehead atoms. The first kappa shape index (κ1) is 19.7. The van der Waals surface area contributed by atoms with Gasteiger partial charge in [0.2, 0.25) is 5.91 Å². The standard InChI is InChI=1S/C18H25BrN2O2.ClH/c19-15-4-2-14(3-5-15)18(8-9-18)17(22)21-11-6-16(7-12-21)23-13-1-10-20;/h2-5,16H,1,6-13,20H2;1H. The molecule has 1 aliphatic carbocycles. The molecule has 0 atom stereocenters. The molecule has 3 rings (SSSR count). The number of ether oxygens (including phenoxy) is 1. The molecule has 1 saturated heterocycles. The number of piperidine rings is 1. The lowest BCUT2D eigenvalue weighted by Gasteiger charge is -2.34. The Morgan fingerprint density at radius 1 is 1.25 bits per heavy atom. The van der Waals surface area contributed by atoms with Gasteiger partial charge in [0.15, 0.2) is 0 Å². The summed E-state index contributed by atoms with van der Waals surface area (Å²) >= 11 is 3.46. The van der Waals surface area contributed by atoms with E-state index in [-0.39, 0.29) is 23.9 Å². The number of amides is 1. The number of likely N-dealkylation sites (tertiary alicyclic amines) is 1. The van der Waals surface area contributed by atoms with Gasteiger partial charge in [0, 0.05) is 24.2 Å². The fourth-order valence-electron chi connectivity index (χ4n) is 3.38.